The lowest BCUT2D eigenvalue weighted by atomic mass is 10.0. The van der Waals surface area contributed by atoms with E-state index in [1.807, 2.05) is 12.1 Å². The van der Waals surface area contributed by atoms with Crippen molar-refractivity contribution < 1.29 is 17.9 Å². The molecule has 0 saturated carbocycles. The zero-order valence-electron chi connectivity index (χ0n) is 14.7. The van der Waals surface area contributed by atoms with Crippen molar-refractivity contribution in [3.05, 3.63) is 65.9 Å². The van der Waals surface area contributed by atoms with Gasteiger partial charge in [-0.2, -0.15) is 0 Å². The van der Waals surface area contributed by atoms with Crippen molar-refractivity contribution in [1.29, 1.82) is 0 Å². The minimum absolute atomic E-state index is 0.301. The number of nitrogens with zero attached hydrogens (tertiary/aromatic N) is 2. The minimum atomic E-state index is -3.78. The molecule has 0 spiro atoms. The number of hydrogen-bond acceptors (Lipinski definition) is 5. The first-order valence-electron chi connectivity index (χ1n) is 8.62. The zero-order chi connectivity index (χ0) is 19.1. The molecule has 1 unspecified atom stereocenters. The molecular weight excluding hydrogens is 388 g/mol. The summed E-state index contributed by atoms with van der Waals surface area (Å²) >= 11 is 5.99. The average molecular weight is 407 g/mol. The molecular formula is C19H19ClN2O4S. The molecule has 1 atom stereocenters. The first-order valence-corrected chi connectivity index (χ1v) is 10.4. The maximum Gasteiger partial charge on any atom is 0.249 e. The van der Waals surface area contributed by atoms with E-state index in [1.54, 1.807) is 37.4 Å². The van der Waals surface area contributed by atoms with Gasteiger partial charge in [0.15, 0.2) is 5.65 Å². The van der Waals surface area contributed by atoms with Gasteiger partial charge in [0, 0.05) is 28.7 Å². The number of ether oxygens (including phenoxy) is 2. The van der Waals surface area contributed by atoms with Gasteiger partial charge in [-0.25, -0.2) is 17.4 Å². The van der Waals surface area contributed by atoms with Gasteiger partial charge in [-0.1, -0.05) is 23.8 Å². The van der Waals surface area contributed by atoms with Crippen LogP contribution in [-0.2, 0) is 25.9 Å². The lowest BCUT2D eigenvalue weighted by molar-refractivity contribution is -0.0277. The van der Waals surface area contributed by atoms with Gasteiger partial charge in [-0.3, -0.25) is 0 Å². The van der Waals surface area contributed by atoms with Crippen LogP contribution in [-0.4, -0.2) is 28.4 Å². The molecule has 8 heteroatoms. The van der Waals surface area contributed by atoms with Crippen LogP contribution in [0, 0.1) is 0 Å². The highest BCUT2D eigenvalue weighted by molar-refractivity contribution is 7.91. The van der Waals surface area contributed by atoms with Gasteiger partial charge in [0.2, 0.25) is 16.3 Å². The lowest BCUT2D eigenvalue weighted by Gasteiger charge is -2.28. The highest BCUT2D eigenvalue weighted by Crippen LogP contribution is 2.34. The van der Waals surface area contributed by atoms with Crippen molar-refractivity contribution in [3.63, 3.8) is 0 Å². The van der Waals surface area contributed by atoms with Crippen molar-refractivity contribution in [1.82, 2.24) is 8.96 Å². The molecule has 0 aromatic carbocycles. The van der Waals surface area contributed by atoms with E-state index in [1.165, 1.54) is 16.5 Å². The van der Waals surface area contributed by atoms with Crippen LogP contribution >= 0.6 is 11.6 Å². The summed E-state index contributed by atoms with van der Waals surface area (Å²) in [4.78, 5) is 4.33. The Morgan fingerprint density at radius 1 is 1.37 bits per heavy atom. The molecule has 2 aliphatic rings. The van der Waals surface area contributed by atoms with E-state index < -0.39 is 21.1 Å². The fourth-order valence-electron chi connectivity index (χ4n) is 3.27. The summed E-state index contributed by atoms with van der Waals surface area (Å²) in [5.41, 5.74) is 1.08. The van der Waals surface area contributed by atoms with Crippen molar-refractivity contribution in [2.24, 2.45) is 0 Å². The third-order valence-corrected chi connectivity index (χ3v) is 7.52. The van der Waals surface area contributed by atoms with E-state index in [4.69, 9.17) is 21.1 Å². The molecule has 0 radical (unpaired) electrons. The molecule has 2 aromatic rings. The van der Waals surface area contributed by atoms with Crippen LogP contribution in [0.5, 0.6) is 0 Å². The summed E-state index contributed by atoms with van der Waals surface area (Å²) in [6.07, 6.45) is 10.5. The van der Waals surface area contributed by atoms with E-state index >= 15 is 0 Å². The zero-order valence-corrected chi connectivity index (χ0v) is 16.3. The van der Waals surface area contributed by atoms with E-state index in [-0.39, 0.29) is 0 Å². The predicted octanol–water partition coefficient (Wildman–Crippen LogP) is 3.83. The number of pyridine rings is 1. The van der Waals surface area contributed by atoms with Gasteiger partial charge in [0.25, 0.3) is 0 Å². The molecule has 0 saturated heterocycles. The number of allylic oxidation sites excluding steroid dienone is 3. The van der Waals surface area contributed by atoms with Gasteiger partial charge in [-0.15, -0.1) is 0 Å². The molecule has 1 aliphatic carbocycles. The van der Waals surface area contributed by atoms with Crippen molar-refractivity contribution in [3.8, 4) is 0 Å². The third-order valence-electron chi connectivity index (χ3n) is 4.87. The highest BCUT2D eigenvalue weighted by atomic mass is 35.5. The predicted molar refractivity (Wildman–Crippen MR) is 104 cm³/mol. The summed E-state index contributed by atoms with van der Waals surface area (Å²) in [6.45, 7) is 1.70. The number of aryl methyl sites for hydroxylation is 1. The highest BCUT2D eigenvalue weighted by Gasteiger charge is 2.40. The molecule has 142 valence electrons. The fourth-order valence-corrected chi connectivity index (χ4v) is 5.20. The van der Waals surface area contributed by atoms with Crippen LogP contribution in [0.3, 0.4) is 0 Å². The van der Waals surface area contributed by atoms with Crippen LogP contribution in [0.25, 0.3) is 11.0 Å². The maximum absolute atomic E-state index is 13.6. The van der Waals surface area contributed by atoms with Gasteiger partial charge in [0.05, 0.1) is 0 Å². The molecule has 0 amide bonds. The Balaban J connectivity index is 1.77. The second-order valence-electron chi connectivity index (χ2n) is 6.77. The van der Waals surface area contributed by atoms with Crippen molar-refractivity contribution >= 4 is 32.7 Å². The first-order chi connectivity index (χ1) is 12.9. The Hall–Kier alpha value is -2.25. The summed E-state index contributed by atoms with van der Waals surface area (Å²) in [6, 6.07) is 5.51. The van der Waals surface area contributed by atoms with E-state index in [9.17, 15) is 8.42 Å². The van der Waals surface area contributed by atoms with E-state index in [0.717, 1.165) is 5.39 Å². The monoisotopic (exact) mass is 406 g/mol. The van der Waals surface area contributed by atoms with Crippen LogP contribution in [0.1, 0.15) is 25.5 Å². The number of halogens is 1. The Morgan fingerprint density at radius 2 is 2.15 bits per heavy atom. The van der Waals surface area contributed by atoms with E-state index in [2.05, 4.69) is 4.98 Å². The topological polar surface area (TPSA) is 70.4 Å². The number of rotatable bonds is 5. The molecule has 27 heavy (non-hydrogen) atoms. The summed E-state index contributed by atoms with van der Waals surface area (Å²) in [7, 11) is -3.78. The third kappa shape index (κ3) is 3.15. The van der Waals surface area contributed by atoms with Crippen molar-refractivity contribution in [2.75, 3.05) is 0 Å². The lowest BCUT2D eigenvalue weighted by Crippen LogP contribution is -2.39. The molecule has 0 N–H and O–H groups in total. The number of hydrogen-bond donors (Lipinski definition) is 0. The maximum atomic E-state index is 13.6. The molecule has 1 aliphatic heterocycles. The van der Waals surface area contributed by atoms with Gasteiger partial charge in [0.1, 0.15) is 17.3 Å². The Morgan fingerprint density at radius 3 is 2.85 bits per heavy atom. The Labute approximate surface area is 162 Å². The number of fused-ring (bicyclic) bond motifs is 1. The van der Waals surface area contributed by atoms with Crippen molar-refractivity contribution in [2.45, 2.75) is 37.2 Å². The Kier molecular flexibility index (Phi) is 4.52. The van der Waals surface area contributed by atoms with E-state index in [0.29, 0.717) is 35.6 Å². The molecule has 6 nitrogen and oxygen atoms in total. The second kappa shape index (κ2) is 6.73. The molecule has 0 fully saturated rings. The van der Waals surface area contributed by atoms with Crippen LogP contribution < -0.4 is 0 Å². The fraction of sp³-hybridized carbons (Fsp3) is 0.316. The van der Waals surface area contributed by atoms with Gasteiger partial charge >= 0.3 is 0 Å². The second-order valence-corrected chi connectivity index (χ2v) is 9.46. The van der Waals surface area contributed by atoms with Crippen LogP contribution in [0.4, 0.5) is 0 Å². The molecule has 2 aromatic heterocycles. The van der Waals surface area contributed by atoms with Crippen LogP contribution in [0.15, 0.2) is 60.2 Å². The Bertz CT molecular complexity index is 1060. The standard InChI is InChI=1S/C19H19ClN2O4S/c1-19(8-6-15(20)7-9-19)27(23,24)22-16(4-5-17-25-11-12-26-17)13-14-3-2-10-21-18(14)22/h2-3,6-8,10-13,17H,4-5,9H2,1H3. The molecule has 0 bridgehead atoms. The quantitative estimate of drug-likeness (QED) is 0.754. The average Bonchev–Trinajstić information content (AvgIpc) is 3.29. The normalized spacial score (nSPS) is 22.7. The largest absolute Gasteiger partial charge is 0.459 e. The summed E-state index contributed by atoms with van der Waals surface area (Å²) in [5.74, 6) is 0. The SMILES string of the molecule is CC1(S(=O)(=O)n2c(CCC3OC=CO3)cc3cccnc32)C=CC(Cl)=CC1. The molecule has 4 rings (SSSR count). The summed E-state index contributed by atoms with van der Waals surface area (Å²) in [5, 5.41) is 1.32. The minimum Gasteiger partial charge on any atom is -0.459 e. The van der Waals surface area contributed by atoms with Gasteiger partial charge < -0.3 is 9.47 Å². The number of aromatic nitrogens is 2. The van der Waals surface area contributed by atoms with Gasteiger partial charge in [-0.05, 0) is 44.0 Å². The first kappa shape index (κ1) is 18.1. The van der Waals surface area contributed by atoms with Crippen LogP contribution in [0.2, 0.25) is 0 Å². The smallest absolute Gasteiger partial charge is 0.249 e. The molecule has 3 heterocycles. The summed E-state index contributed by atoms with van der Waals surface area (Å²) < 4.78 is 38.1.